The van der Waals surface area contributed by atoms with Crippen molar-refractivity contribution in [3.05, 3.63) is 52.8 Å². The Balaban J connectivity index is 1.46. The molecule has 2 aromatic heterocycles. The zero-order chi connectivity index (χ0) is 23.6. The van der Waals surface area contributed by atoms with Gasteiger partial charge in [-0.1, -0.05) is 38.1 Å². The number of aromatic nitrogens is 2. The molecule has 8 heteroatoms. The molecule has 0 saturated heterocycles. The Kier molecular flexibility index (Phi) is 6.35. The Morgan fingerprint density at radius 2 is 1.88 bits per heavy atom. The van der Waals surface area contributed by atoms with Gasteiger partial charge >= 0.3 is 0 Å². The van der Waals surface area contributed by atoms with E-state index < -0.39 is 0 Å². The SMILES string of the molecule is COc1ccc(CNC(=O)CNC(=O)c2cc(C3CC3)nc3onc(CC(C)(C)C)c23)cc1. The molecule has 0 spiro atoms. The number of carbonyl (C=O) groups excluding carboxylic acids is 2. The van der Waals surface area contributed by atoms with E-state index in [0.717, 1.165) is 29.8 Å². The number of pyridine rings is 1. The van der Waals surface area contributed by atoms with Crippen LogP contribution in [0.3, 0.4) is 0 Å². The lowest BCUT2D eigenvalue weighted by molar-refractivity contribution is -0.120. The van der Waals surface area contributed by atoms with Crippen molar-refractivity contribution in [3.63, 3.8) is 0 Å². The van der Waals surface area contributed by atoms with E-state index in [1.807, 2.05) is 30.3 Å². The summed E-state index contributed by atoms with van der Waals surface area (Å²) in [4.78, 5) is 30.1. The molecule has 8 nitrogen and oxygen atoms in total. The summed E-state index contributed by atoms with van der Waals surface area (Å²) in [5, 5.41) is 10.4. The molecule has 33 heavy (non-hydrogen) atoms. The van der Waals surface area contributed by atoms with E-state index in [4.69, 9.17) is 9.26 Å². The van der Waals surface area contributed by atoms with Crippen LogP contribution < -0.4 is 15.4 Å². The predicted molar refractivity (Wildman–Crippen MR) is 124 cm³/mol. The molecule has 1 saturated carbocycles. The lowest BCUT2D eigenvalue weighted by Crippen LogP contribution is -2.36. The van der Waals surface area contributed by atoms with E-state index in [9.17, 15) is 9.59 Å². The monoisotopic (exact) mass is 450 g/mol. The molecule has 1 aliphatic carbocycles. The van der Waals surface area contributed by atoms with Crippen molar-refractivity contribution in [2.24, 2.45) is 5.41 Å². The van der Waals surface area contributed by atoms with Crippen LogP contribution in [-0.2, 0) is 17.8 Å². The van der Waals surface area contributed by atoms with E-state index in [1.165, 1.54) is 0 Å². The molecule has 1 aliphatic rings. The molecule has 2 N–H and O–H groups in total. The van der Waals surface area contributed by atoms with Crippen molar-refractivity contribution in [2.75, 3.05) is 13.7 Å². The fourth-order valence-corrected chi connectivity index (χ4v) is 3.68. The Bertz CT molecular complexity index is 1160. The largest absolute Gasteiger partial charge is 0.497 e. The summed E-state index contributed by atoms with van der Waals surface area (Å²) in [6, 6.07) is 9.27. The van der Waals surface area contributed by atoms with Gasteiger partial charge in [-0.25, -0.2) is 4.98 Å². The summed E-state index contributed by atoms with van der Waals surface area (Å²) in [5.41, 5.74) is 3.31. The van der Waals surface area contributed by atoms with Crippen LogP contribution in [-0.4, -0.2) is 35.6 Å². The maximum Gasteiger partial charge on any atom is 0.259 e. The van der Waals surface area contributed by atoms with E-state index >= 15 is 0 Å². The minimum atomic E-state index is -0.331. The van der Waals surface area contributed by atoms with Crippen LogP contribution >= 0.6 is 0 Å². The molecule has 0 unspecified atom stereocenters. The highest BCUT2D eigenvalue weighted by Crippen LogP contribution is 2.40. The molecule has 174 valence electrons. The summed E-state index contributed by atoms with van der Waals surface area (Å²) < 4.78 is 10.6. The number of amides is 2. The van der Waals surface area contributed by atoms with E-state index in [2.05, 4.69) is 41.5 Å². The molecule has 3 aromatic rings. The first-order chi connectivity index (χ1) is 15.7. The van der Waals surface area contributed by atoms with Crippen LogP contribution in [0.15, 0.2) is 34.9 Å². The number of fused-ring (bicyclic) bond motifs is 1. The fourth-order valence-electron chi connectivity index (χ4n) is 3.68. The number of hydrogen-bond donors (Lipinski definition) is 2. The molecule has 0 radical (unpaired) electrons. The van der Waals surface area contributed by atoms with Gasteiger partial charge in [0.05, 0.1) is 30.3 Å². The highest BCUT2D eigenvalue weighted by molar-refractivity contribution is 6.07. The summed E-state index contributed by atoms with van der Waals surface area (Å²) in [6.07, 6.45) is 2.75. The number of methoxy groups -OCH3 is 1. The molecule has 0 aliphatic heterocycles. The molecule has 0 bridgehead atoms. The maximum atomic E-state index is 13.1. The Morgan fingerprint density at radius 1 is 1.15 bits per heavy atom. The Morgan fingerprint density at radius 3 is 2.52 bits per heavy atom. The van der Waals surface area contributed by atoms with Gasteiger partial charge in [0.15, 0.2) is 0 Å². The number of carbonyl (C=O) groups is 2. The van der Waals surface area contributed by atoms with Crippen molar-refractivity contribution in [1.82, 2.24) is 20.8 Å². The van der Waals surface area contributed by atoms with Gasteiger partial charge in [-0.3, -0.25) is 9.59 Å². The lowest BCUT2D eigenvalue weighted by atomic mass is 9.89. The number of nitrogens with one attached hydrogen (secondary N) is 2. The fraction of sp³-hybridized carbons (Fsp3) is 0.440. The lowest BCUT2D eigenvalue weighted by Gasteiger charge is -2.16. The van der Waals surface area contributed by atoms with E-state index in [0.29, 0.717) is 41.2 Å². The van der Waals surface area contributed by atoms with Crippen molar-refractivity contribution in [3.8, 4) is 5.75 Å². The average Bonchev–Trinajstić information content (AvgIpc) is 3.57. The van der Waals surface area contributed by atoms with Crippen molar-refractivity contribution in [2.45, 2.75) is 52.5 Å². The number of rotatable bonds is 8. The smallest absolute Gasteiger partial charge is 0.259 e. The first-order valence-electron chi connectivity index (χ1n) is 11.2. The van der Waals surface area contributed by atoms with Gasteiger partial charge < -0.3 is 19.9 Å². The first-order valence-corrected chi connectivity index (χ1v) is 11.2. The topological polar surface area (TPSA) is 106 Å². The van der Waals surface area contributed by atoms with Gasteiger partial charge in [-0.2, -0.15) is 0 Å². The van der Waals surface area contributed by atoms with Crippen LogP contribution in [0.1, 0.15) is 66.8 Å². The molecular formula is C25H30N4O4. The van der Waals surface area contributed by atoms with Gasteiger partial charge in [-0.15, -0.1) is 0 Å². The Labute approximate surface area is 193 Å². The number of benzene rings is 1. The highest BCUT2D eigenvalue weighted by Gasteiger charge is 2.30. The summed E-state index contributed by atoms with van der Waals surface area (Å²) in [6.45, 7) is 6.55. The third-order valence-corrected chi connectivity index (χ3v) is 5.53. The van der Waals surface area contributed by atoms with Crippen molar-refractivity contribution in [1.29, 1.82) is 0 Å². The molecule has 0 atom stereocenters. The van der Waals surface area contributed by atoms with Crippen LogP contribution in [0.2, 0.25) is 0 Å². The minimum Gasteiger partial charge on any atom is -0.497 e. The second kappa shape index (κ2) is 9.21. The van der Waals surface area contributed by atoms with Crippen LogP contribution in [0, 0.1) is 5.41 Å². The molecular weight excluding hydrogens is 420 g/mol. The van der Waals surface area contributed by atoms with Crippen LogP contribution in [0.4, 0.5) is 0 Å². The maximum absolute atomic E-state index is 13.1. The van der Waals surface area contributed by atoms with Crippen molar-refractivity contribution < 1.29 is 18.8 Å². The summed E-state index contributed by atoms with van der Waals surface area (Å²) >= 11 is 0. The van der Waals surface area contributed by atoms with Gasteiger partial charge in [0.1, 0.15) is 5.75 Å². The second-order valence-corrected chi connectivity index (χ2v) is 9.72. The predicted octanol–water partition coefficient (Wildman–Crippen LogP) is 3.74. The highest BCUT2D eigenvalue weighted by atomic mass is 16.5. The average molecular weight is 451 g/mol. The zero-order valence-electron chi connectivity index (χ0n) is 19.5. The summed E-state index contributed by atoms with van der Waals surface area (Å²) in [5.74, 6) is 0.505. The Hall–Kier alpha value is -3.42. The van der Waals surface area contributed by atoms with Gasteiger partial charge in [0.2, 0.25) is 5.91 Å². The quantitative estimate of drug-likeness (QED) is 0.541. The molecule has 2 heterocycles. The van der Waals surface area contributed by atoms with Crippen LogP contribution in [0.5, 0.6) is 5.75 Å². The standard InChI is InChI=1S/C25H30N4O4/c1-25(2,3)12-20-22-18(11-19(16-7-8-16)28-24(22)33-29-20)23(31)27-14-21(30)26-13-15-5-9-17(32-4)10-6-15/h5-6,9-11,16H,7-8,12-14H2,1-4H3,(H,26,30)(H,27,31). The minimum absolute atomic E-state index is 0.0337. The van der Waals surface area contributed by atoms with E-state index in [-0.39, 0.29) is 23.8 Å². The van der Waals surface area contributed by atoms with Crippen LogP contribution in [0.25, 0.3) is 11.1 Å². The number of hydrogen-bond acceptors (Lipinski definition) is 6. The van der Waals surface area contributed by atoms with Gasteiger partial charge in [0, 0.05) is 18.2 Å². The normalized spacial score (nSPS) is 13.7. The summed E-state index contributed by atoms with van der Waals surface area (Å²) in [7, 11) is 1.61. The van der Waals surface area contributed by atoms with Gasteiger partial charge in [0.25, 0.3) is 11.6 Å². The van der Waals surface area contributed by atoms with E-state index in [1.54, 1.807) is 7.11 Å². The molecule has 1 fully saturated rings. The third kappa shape index (κ3) is 5.69. The second-order valence-electron chi connectivity index (χ2n) is 9.72. The third-order valence-electron chi connectivity index (χ3n) is 5.53. The number of ether oxygens (including phenoxy) is 1. The molecule has 2 amide bonds. The number of nitrogens with zero attached hydrogens (tertiary/aromatic N) is 2. The molecule has 1 aromatic carbocycles. The van der Waals surface area contributed by atoms with Gasteiger partial charge in [-0.05, 0) is 48.4 Å². The first kappa shape index (κ1) is 22.8. The zero-order valence-corrected chi connectivity index (χ0v) is 19.5. The molecule has 4 rings (SSSR count). The van der Waals surface area contributed by atoms with Crippen molar-refractivity contribution >= 4 is 22.9 Å².